The second-order valence-corrected chi connectivity index (χ2v) is 8.96. The monoisotopic (exact) mass is 460 g/mol. The molecular formula is C22H23F3N6O2. The van der Waals surface area contributed by atoms with Gasteiger partial charge in [0, 0.05) is 31.6 Å². The van der Waals surface area contributed by atoms with E-state index in [1.54, 1.807) is 11.7 Å². The number of nitrogens with zero attached hydrogens (tertiary/aromatic N) is 6. The predicted molar refractivity (Wildman–Crippen MR) is 115 cm³/mol. The van der Waals surface area contributed by atoms with E-state index in [1.165, 1.54) is 15.5 Å². The van der Waals surface area contributed by atoms with Gasteiger partial charge in [-0.25, -0.2) is 0 Å². The summed E-state index contributed by atoms with van der Waals surface area (Å²) in [5.74, 6) is 0.463. The summed E-state index contributed by atoms with van der Waals surface area (Å²) in [5, 5.41) is 5.28. The SMILES string of the molecule is Cn1nc(CN2c3nc(N4CC5CC4CO5)cc(=O)n3CC[C@H]2C(F)(F)F)c2ccccc21. The zero-order chi connectivity index (χ0) is 22.9. The molecule has 33 heavy (non-hydrogen) atoms. The number of fused-ring (bicyclic) bond motifs is 4. The molecule has 3 aliphatic rings. The Balaban J connectivity index is 1.46. The highest BCUT2D eigenvalue weighted by Crippen LogP contribution is 2.37. The molecule has 1 aromatic carbocycles. The first-order valence-corrected chi connectivity index (χ1v) is 11.0. The van der Waals surface area contributed by atoms with Gasteiger partial charge in [0.1, 0.15) is 11.9 Å². The van der Waals surface area contributed by atoms with Gasteiger partial charge in [0.2, 0.25) is 5.95 Å². The smallest absolute Gasteiger partial charge is 0.374 e. The van der Waals surface area contributed by atoms with E-state index in [0.29, 0.717) is 24.7 Å². The lowest BCUT2D eigenvalue weighted by Crippen LogP contribution is -2.52. The maximum Gasteiger partial charge on any atom is 0.408 e. The van der Waals surface area contributed by atoms with Crippen LogP contribution in [-0.4, -0.2) is 56.8 Å². The summed E-state index contributed by atoms with van der Waals surface area (Å²) in [6.45, 7) is 1.00. The lowest BCUT2D eigenvalue weighted by molar-refractivity contribution is -0.153. The molecule has 3 atom stereocenters. The summed E-state index contributed by atoms with van der Waals surface area (Å²) in [7, 11) is 1.77. The maximum atomic E-state index is 14.1. The van der Waals surface area contributed by atoms with Crippen LogP contribution in [0.2, 0.25) is 0 Å². The zero-order valence-electron chi connectivity index (χ0n) is 18.0. The van der Waals surface area contributed by atoms with Crippen molar-refractivity contribution in [1.29, 1.82) is 0 Å². The van der Waals surface area contributed by atoms with Crippen LogP contribution in [0.4, 0.5) is 24.9 Å². The lowest BCUT2D eigenvalue weighted by atomic mass is 10.1. The van der Waals surface area contributed by atoms with Crippen molar-refractivity contribution < 1.29 is 17.9 Å². The summed E-state index contributed by atoms with van der Waals surface area (Å²) >= 11 is 0. The van der Waals surface area contributed by atoms with E-state index in [1.807, 2.05) is 29.2 Å². The Morgan fingerprint density at radius 3 is 2.79 bits per heavy atom. The fourth-order valence-electron chi connectivity index (χ4n) is 5.37. The van der Waals surface area contributed by atoms with E-state index in [4.69, 9.17) is 4.74 Å². The molecule has 8 nitrogen and oxygen atoms in total. The second kappa shape index (κ2) is 7.21. The largest absolute Gasteiger partial charge is 0.408 e. The van der Waals surface area contributed by atoms with E-state index in [-0.39, 0.29) is 43.2 Å². The third-order valence-electron chi connectivity index (χ3n) is 6.96. The number of benzene rings is 1. The van der Waals surface area contributed by atoms with Gasteiger partial charge in [0.05, 0.1) is 36.5 Å². The number of hydrogen-bond donors (Lipinski definition) is 0. The minimum absolute atomic E-state index is 0.0275. The van der Waals surface area contributed by atoms with E-state index >= 15 is 0 Å². The average Bonchev–Trinajstić information content (AvgIpc) is 3.49. The summed E-state index contributed by atoms with van der Waals surface area (Å²) in [5.41, 5.74) is 1.01. The lowest BCUT2D eigenvalue weighted by Gasteiger charge is -2.39. The first kappa shape index (κ1) is 20.5. The average molecular weight is 460 g/mol. The molecule has 2 saturated heterocycles. The number of para-hydroxylation sites is 1. The van der Waals surface area contributed by atoms with E-state index in [9.17, 15) is 18.0 Å². The highest BCUT2D eigenvalue weighted by Gasteiger charge is 2.48. The fraction of sp³-hybridized carbons (Fsp3) is 0.500. The van der Waals surface area contributed by atoms with Crippen LogP contribution in [0, 0.1) is 0 Å². The summed E-state index contributed by atoms with van der Waals surface area (Å²) in [4.78, 5) is 20.8. The van der Waals surface area contributed by atoms with Crippen LogP contribution in [0.3, 0.4) is 0 Å². The number of aromatic nitrogens is 4. The number of aryl methyl sites for hydroxylation is 1. The Morgan fingerprint density at radius 1 is 1.24 bits per heavy atom. The molecule has 0 N–H and O–H groups in total. The van der Waals surface area contributed by atoms with E-state index in [2.05, 4.69) is 10.1 Å². The van der Waals surface area contributed by atoms with Crippen LogP contribution in [-0.2, 0) is 24.9 Å². The van der Waals surface area contributed by atoms with Crippen molar-refractivity contribution in [3.8, 4) is 0 Å². The molecular weight excluding hydrogens is 437 g/mol. The number of alkyl halides is 3. The standard InChI is InChI=1S/C22H23F3N6O2/c1-28-17-5-3-2-4-15(17)16(27-28)11-31-18(22(23,24)25)6-7-29-20(32)9-19(26-21(29)31)30-10-14-8-13(30)12-33-14/h2-5,9,13-14,18H,6-8,10-12H2,1H3/t13?,14?,18-/m0/s1. The molecule has 6 rings (SSSR count). The highest BCUT2D eigenvalue weighted by atomic mass is 19.4. The quantitative estimate of drug-likeness (QED) is 0.598. The topological polar surface area (TPSA) is 68.4 Å². The van der Waals surface area contributed by atoms with Crippen molar-refractivity contribution in [3.05, 3.63) is 46.4 Å². The first-order chi connectivity index (χ1) is 15.8. The molecule has 2 fully saturated rings. The van der Waals surface area contributed by atoms with Gasteiger partial charge in [0.25, 0.3) is 5.56 Å². The summed E-state index contributed by atoms with van der Waals surface area (Å²) in [6.07, 6.45) is -3.77. The molecule has 11 heteroatoms. The Hall–Kier alpha value is -3.08. The molecule has 0 radical (unpaired) electrons. The van der Waals surface area contributed by atoms with Crippen LogP contribution in [0.1, 0.15) is 18.5 Å². The number of rotatable bonds is 3. The van der Waals surface area contributed by atoms with Gasteiger partial charge in [-0.05, 0) is 18.9 Å². The minimum Gasteiger partial charge on any atom is -0.374 e. The van der Waals surface area contributed by atoms with Crippen molar-refractivity contribution in [2.75, 3.05) is 23.0 Å². The predicted octanol–water partition coefficient (Wildman–Crippen LogP) is 2.45. The molecule has 3 aromatic rings. The van der Waals surface area contributed by atoms with Gasteiger partial charge in [-0.1, -0.05) is 18.2 Å². The van der Waals surface area contributed by atoms with Gasteiger partial charge in [-0.2, -0.15) is 23.3 Å². The molecule has 2 unspecified atom stereocenters. The fourth-order valence-corrected chi connectivity index (χ4v) is 5.37. The van der Waals surface area contributed by atoms with Gasteiger partial charge < -0.3 is 14.5 Å². The first-order valence-electron chi connectivity index (χ1n) is 11.0. The number of anilines is 2. The van der Waals surface area contributed by atoms with Gasteiger partial charge in [0.15, 0.2) is 0 Å². The van der Waals surface area contributed by atoms with Gasteiger partial charge >= 0.3 is 6.18 Å². The van der Waals surface area contributed by atoms with Gasteiger partial charge in [-0.15, -0.1) is 0 Å². The third kappa shape index (κ3) is 3.28. The zero-order valence-corrected chi connectivity index (χ0v) is 18.0. The van der Waals surface area contributed by atoms with Gasteiger partial charge in [-0.3, -0.25) is 14.0 Å². The van der Waals surface area contributed by atoms with Crippen molar-refractivity contribution in [2.24, 2.45) is 7.05 Å². The minimum atomic E-state index is -4.47. The molecule has 0 spiro atoms. The van der Waals surface area contributed by atoms with Crippen molar-refractivity contribution in [1.82, 2.24) is 19.3 Å². The number of morpholine rings is 1. The van der Waals surface area contributed by atoms with Crippen LogP contribution < -0.4 is 15.4 Å². The third-order valence-corrected chi connectivity index (χ3v) is 6.96. The molecule has 0 saturated carbocycles. The Labute approximate surface area is 187 Å². The summed E-state index contributed by atoms with van der Waals surface area (Å²) < 4.78 is 51.0. The molecule has 174 valence electrons. The molecule has 5 heterocycles. The molecule has 3 aliphatic heterocycles. The Kier molecular flexibility index (Phi) is 4.48. The van der Waals surface area contributed by atoms with E-state index in [0.717, 1.165) is 17.3 Å². The van der Waals surface area contributed by atoms with Crippen LogP contribution >= 0.6 is 0 Å². The second-order valence-electron chi connectivity index (χ2n) is 8.96. The van der Waals surface area contributed by atoms with Crippen LogP contribution in [0.15, 0.2) is 35.1 Å². The van der Waals surface area contributed by atoms with Crippen LogP contribution in [0.5, 0.6) is 0 Å². The van der Waals surface area contributed by atoms with Crippen molar-refractivity contribution in [3.63, 3.8) is 0 Å². The summed E-state index contributed by atoms with van der Waals surface area (Å²) in [6, 6.07) is 7.21. The van der Waals surface area contributed by atoms with Crippen molar-refractivity contribution in [2.45, 2.75) is 50.3 Å². The molecule has 0 aliphatic carbocycles. The number of ether oxygens (including phenoxy) is 1. The van der Waals surface area contributed by atoms with Crippen LogP contribution in [0.25, 0.3) is 10.9 Å². The normalized spacial score (nSPS) is 24.7. The number of hydrogen-bond acceptors (Lipinski definition) is 6. The van der Waals surface area contributed by atoms with E-state index < -0.39 is 12.2 Å². The van der Waals surface area contributed by atoms with Crippen molar-refractivity contribution >= 4 is 22.7 Å². The highest BCUT2D eigenvalue weighted by molar-refractivity contribution is 5.82. The maximum absolute atomic E-state index is 14.1. The molecule has 2 bridgehead atoms. The molecule has 0 amide bonds. The molecule has 2 aromatic heterocycles. The Morgan fingerprint density at radius 2 is 2.06 bits per heavy atom. The number of halogens is 3. The Bertz CT molecular complexity index is 1290.